The molecular weight excluding hydrogens is 458 g/mol. The molecule has 10 nitrogen and oxygen atoms in total. The maximum Gasteiger partial charge on any atom is 0.332 e. The van der Waals surface area contributed by atoms with Crippen molar-refractivity contribution in [3.63, 3.8) is 0 Å². The van der Waals surface area contributed by atoms with Gasteiger partial charge in [-0.05, 0) is 36.4 Å². The normalized spacial score (nSPS) is 14.9. The first-order valence-electron chi connectivity index (χ1n) is 10.3. The molecule has 1 aromatic carbocycles. The second-order valence-corrected chi connectivity index (χ2v) is 8.79. The Hall–Kier alpha value is -3.99. The molecule has 0 saturated carbocycles. The number of imide groups is 1. The van der Waals surface area contributed by atoms with Crippen molar-refractivity contribution in [3.05, 3.63) is 79.0 Å². The number of hydrogen-bond donors (Lipinski definition) is 1. The molecule has 3 amide bonds. The van der Waals surface area contributed by atoms with E-state index >= 15 is 0 Å². The number of fused-ring (bicyclic) bond motifs is 1. The zero-order valence-corrected chi connectivity index (χ0v) is 19.5. The third-order valence-electron chi connectivity index (χ3n) is 5.43. The molecule has 4 rings (SSSR count). The number of carbonyl (C=O) groups is 3. The van der Waals surface area contributed by atoms with Gasteiger partial charge in [0.15, 0.2) is 0 Å². The lowest BCUT2D eigenvalue weighted by Crippen LogP contribution is -2.38. The number of aryl methyl sites for hydroxylation is 2. The fraction of sp³-hybridized carbons (Fsp3) is 0.217. The molecule has 1 aliphatic heterocycles. The van der Waals surface area contributed by atoms with Gasteiger partial charge in [0.05, 0.1) is 15.9 Å². The van der Waals surface area contributed by atoms with Gasteiger partial charge in [-0.25, -0.2) is 9.78 Å². The van der Waals surface area contributed by atoms with Gasteiger partial charge in [-0.3, -0.25) is 33.2 Å². The van der Waals surface area contributed by atoms with E-state index in [0.29, 0.717) is 4.91 Å². The summed E-state index contributed by atoms with van der Waals surface area (Å²) in [7, 11) is 2.83. The van der Waals surface area contributed by atoms with Crippen molar-refractivity contribution < 1.29 is 14.4 Å². The van der Waals surface area contributed by atoms with Crippen LogP contribution in [0.4, 0.5) is 4.79 Å². The van der Waals surface area contributed by atoms with Crippen LogP contribution in [-0.4, -0.2) is 49.2 Å². The fourth-order valence-electron chi connectivity index (χ4n) is 3.48. The first-order chi connectivity index (χ1) is 16.2. The third-order valence-corrected chi connectivity index (χ3v) is 6.33. The van der Waals surface area contributed by atoms with Crippen LogP contribution in [0.25, 0.3) is 17.1 Å². The van der Waals surface area contributed by atoms with E-state index < -0.39 is 28.3 Å². The van der Waals surface area contributed by atoms with Crippen molar-refractivity contribution in [3.8, 4) is 0 Å². The SMILES string of the molecule is Cc1ccc(/C=C2\SC(=O)N(CCNC(=O)c3cnc4c(c3)c(=O)n(C)c(=O)n4C)C2=O)cc1. The van der Waals surface area contributed by atoms with E-state index in [1.54, 1.807) is 6.08 Å². The van der Waals surface area contributed by atoms with Crippen LogP contribution in [0.15, 0.2) is 51.0 Å². The minimum absolute atomic E-state index is 0.00107. The lowest BCUT2D eigenvalue weighted by molar-refractivity contribution is -0.122. The summed E-state index contributed by atoms with van der Waals surface area (Å²) in [6.07, 6.45) is 2.93. The number of rotatable bonds is 5. The van der Waals surface area contributed by atoms with Crippen molar-refractivity contribution in [1.82, 2.24) is 24.3 Å². The van der Waals surface area contributed by atoms with E-state index in [4.69, 9.17) is 0 Å². The first kappa shape index (κ1) is 23.2. The molecule has 2 aromatic heterocycles. The van der Waals surface area contributed by atoms with E-state index in [1.807, 2.05) is 31.2 Å². The fourth-order valence-corrected chi connectivity index (χ4v) is 4.34. The summed E-state index contributed by atoms with van der Waals surface area (Å²) in [4.78, 5) is 67.4. The van der Waals surface area contributed by atoms with E-state index in [-0.39, 0.29) is 29.7 Å². The van der Waals surface area contributed by atoms with E-state index in [2.05, 4.69) is 10.3 Å². The van der Waals surface area contributed by atoms with Gasteiger partial charge >= 0.3 is 5.69 Å². The van der Waals surface area contributed by atoms with Crippen molar-refractivity contribution in [2.24, 2.45) is 14.1 Å². The number of benzene rings is 1. The molecule has 3 aromatic rings. The Morgan fingerprint density at radius 2 is 1.79 bits per heavy atom. The first-order valence-corrected chi connectivity index (χ1v) is 11.1. The monoisotopic (exact) mass is 479 g/mol. The molecule has 1 aliphatic rings. The molecule has 34 heavy (non-hydrogen) atoms. The smallest absolute Gasteiger partial charge is 0.332 e. The Balaban J connectivity index is 1.44. The topological polar surface area (TPSA) is 123 Å². The van der Waals surface area contributed by atoms with Crippen LogP contribution in [0, 0.1) is 6.92 Å². The lowest BCUT2D eigenvalue weighted by atomic mass is 10.1. The van der Waals surface area contributed by atoms with Crippen LogP contribution in [0.2, 0.25) is 0 Å². The summed E-state index contributed by atoms with van der Waals surface area (Å²) in [6, 6.07) is 8.94. The van der Waals surface area contributed by atoms with Crippen LogP contribution in [0.5, 0.6) is 0 Å². The Labute approximate surface area is 197 Å². The molecule has 1 fully saturated rings. The van der Waals surface area contributed by atoms with Crippen LogP contribution in [0.1, 0.15) is 21.5 Å². The Kier molecular flexibility index (Phi) is 6.20. The van der Waals surface area contributed by atoms with Gasteiger partial charge in [0.2, 0.25) is 0 Å². The van der Waals surface area contributed by atoms with Crippen molar-refractivity contribution >= 4 is 45.9 Å². The van der Waals surface area contributed by atoms with Crippen molar-refractivity contribution in [2.75, 3.05) is 13.1 Å². The molecule has 0 atom stereocenters. The van der Waals surface area contributed by atoms with Crippen molar-refractivity contribution in [1.29, 1.82) is 0 Å². The number of pyridine rings is 1. The highest BCUT2D eigenvalue weighted by Crippen LogP contribution is 2.31. The molecule has 1 N–H and O–H groups in total. The van der Waals surface area contributed by atoms with Crippen LogP contribution < -0.4 is 16.6 Å². The van der Waals surface area contributed by atoms with Crippen LogP contribution >= 0.6 is 11.8 Å². The highest BCUT2D eigenvalue weighted by Gasteiger charge is 2.34. The quantitative estimate of drug-likeness (QED) is 0.549. The van der Waals surface area contributed by atoms with Gasteiger partial charge in [-0.1, -0.05) is 29.8 Å². The molecule has 0 aliphatic carbocycles. The van der Waals surface area contributed by atoms with Crippen molar-refractivity contribution in [2.45, 2.75) is 6.92 Å². The predicted octanol–water partition coefficient (Wildman–Crippen LogP) is 1.41. The Morgan fingerprint density at radius 1 is 1.09 bits per heavy atom. The van der Waals surface area contributed by atoms with E-state index in [9.17, 15) is 24.0 Å². The maximum absolute atomic E-state index is 12.6. The molecule has 174 valence electrons. The van der Waals surface area contributed by atoms with Gasteiger partial charge in [-0.15, -0.1) is 0 Å². The summed E-state index contributed by atoms with van der Waals surface area (Å²) in [5, 5.41) is 2.35. The van der Waals surface area contributed by atoms with Gasteiger partial charge in [0, 0.05) is 33.4 Å². The second-order valence-electron chi connectivity index (χ2n) is 7.80. The highest BCUT2D eigenvalue weighted by atomic mass is 32.2. The summed E-state index contributed by atoms with van der Waals surface area (Å²) >= 11 is 0.854. The molecule has 0 spiro atoms. The minimum Gasteiger partial charge on any atom is -0.350 e. The molecule has 0 unspecified atom stereocenters. The molecule has 11 heteroatoms. The molecule has 1 saturated heterocycles. The maximum atomic E-state index is 12.6. The standard InChI is InChI=1S/C23H21N5O5S/c1-13-4-6-14(7-5-13)10-17-21(31)28(23(33)34-17)9-8-24-19(29)15-11-16-18(25-12-15)26(2)22(32)27(3)20(16)30/h4-7,10-12H,8-9H2,1-3H3,(H,24,29)/b17-10-. The average molecular weight is 480 g/mol. The van der Waals surface area contributed by atoms with Gasteiger partial charge in [-0.2, -0.15) is 0 Å². The second kappa shape index (κ2) is 9.10. The number of aromatic nitrogens is 3. The Morgan fingerprint density at radius 3 is 2.50 bits per heavy atom. The van der Waals surface area contributed by atoms with Gasteiger partial charge < -0.3 is 5.32 Å². The summed E-state index contributed by atoms with van der Waals surface area (Å²) in [5.74, 6) is -0.936. The number of thioether (sulfide) groups is 1. The van der Waals surface area contributed by atoms with Gasteiger partial charge in [0.25, 0.3) is 22.6 Å². The molecular formula is C23H21N5O5S. The van der Waals surface area contributed by atoms with Crippen LogP contribution in [-0.2, 0) is 18.9 Å². The Bertz CT molecular complexity index is 1490. The number of amides is 3. The summed E-state index contributed by atoms with van der Waals surface area (Å²) < 4.78 is 2.16. The van der Waals surface area contributed by atoms with Gasteiger partial charge in [0.1, 0.15) is 5.65 Å². The number of nitrogens with one attached hydrogen (secondary N) is 1. The molecule has 0 bridgehead atoms. The predicted molar refractivity (Wildman–Crippen MR) is 128 cm³/mol. The third kappa shape index (κ3) is 4.29. The molecule has 3 heterocycles. The zero-order valence-electron chi connectivity index (χ0n) is 18.7. The zero-order chi connectivity index (χ0) is 24.6. The van der Waals surface area contributed by atoms with E-state index in [0.717, 1.165) is 32.4 Å². The molecule has 0 radical (unpaired) electrons. The largest absolute Gasteiger partial charge is 0.350 e. The summed E-state index contributed by atoms with van der Waals surface area (Å²) in [6.45, 7) is 1.98. The number of nitrogens with zero attached hydrogens (tertiary/aromatic N) is 4. The average Bonchev–Trinajstić information content (AvgIpc) is 3.09. The summed E-state index contributed by atoms with van der Waals surface area (Å²) in [5.41, 5.74) is 1.12. The minimum atomic E-state index is -0.557. The van der Waals surface area contributed by atoms with Crippen LogP contribution in [0.3, 0.4) is 0 Å². The van der Waals surface area contributed by atoms with E-state index in [1.165, 1.54) is 30.9 Å². The highest BCUT2D eigenvalue weighted by molar-refractivity contribution is 8.18. The number of hydrogen-bond acceptors (Lipinski definition) is 7. The number of carbonyl (C=O) groups excluding carboxylic acids is 3. The lowest BCUT2D eigenvalue weighted by Gasteiger charge is -2.13.